The van der Waals surface area contributed by atoms with E-state index in [1.165, 1.54) is 39.5 Å². The molecule has 1 aromatic heterocycles. The highest BCUT2D eigenvalue weighted by molar-refractivity contribution is 8.02. The van der Waals surface area contributed by atoms with Gasteiger partial charge in [-0.3, -0.25) is 4.79 Å². The molecule has 1 fully saturated rings. The summed E-state index contributed by atoms with van der Waals surface area (Å²) < 4.78 is 38.2. The Bertz CT molecular complexity index is 1260. The number of sulfonamides is 1. The van der Waals surface area contributed by atoms with E-state index in [1.807, 2.05) is 24.3 Å². The predicted molar refractivity (Wildman–Crippen MR) is 136 cm³/mol. The summed E-state index contributed by atoms with van der Waals surface area (Å²) in [7, 11) is -2.04. The SMILES string of the molecule is COc1ccc(Nc2nnc(S[C@@H](C)C(=O)Nc3cccc(S(=O)(=O)N4CCOCC4)c3)s2)cc1. The lowest BCUT2D eigenvalue weighted by Gasteiger charge is -2.26. The number of thioether (sulfide) groups is 1. The van der Waals surface area contributed by atoms with Crippen LogP contribution in [0.15, 0.2) is 57.8 Å². The summed E-state index contributed by atoms with van der Waals surface area (Å²) >= 11 is 2.61. The van der Waals surface area contributed by atoms with Crippen LogP contribution in [0.3, 0.4) is 0 Å². The topological polar surface area (TPSA) is 123 Å². The number of morpholine rings is 1. The van der Waals surface area contributed by atoms with Crippen molar-refractivity contribution in [3.8, 4) is 5.75 Å². The van der Waals surface area contributed by atoms with Crippen molar-refractivity contribution in [2.24, 2.45) is 0 Å². The number of rotatable bonds is 9. The number of hydrogen-bond donors (Lipinski definition) is 2. The lowest BCUT2D eigenvalue weighted by Crippen LogP contribution is -2.40. The number of hydrogen-bond acceptors (Lipinski definition) is 10. The molecular weight excluding hydrogens is 510 g/mol. The van der Waals surface area contributed by atoms with Crippen molar-refractivity contribution in [1.82, 2.24) is 14.5 Å². The molecule has 0 saturated carbocycles. The number of benzene rings is 2. The Morgan fingerprint density at radius 1 is 1.14 bits per heavy atom. The first-order valence-electron chi connectivity index (χ1n) is 10.8. The number of ether oxygens (including phenoxy) is 2. The Morgan fingerprint density at radius 3 is 2.60 bits per heavy atom. The normalized spacial score (nSPS) is 15.4. The molecule has 4 rings (SSSR count). The molecule has 0 unspecified atom stereocenters. The zero-order chi connectivity index (χ0) is 24.8. The lowest BCUT2D eigenvalue weighted by atomic mass is 10.3. The van der Waals surface area contributed by atoms with Gasteiger partial charge in [-0.15, -0.1) is 10.2 Å². The second-order valence-corrected chi connectivity index (χ2v) is 12.0. The van der Waals surface area contributed by atoms with Gasteiger partial charge in [0.2, 0.25) is 21.1 Å². The third-order valence-electron chi connectivity index (χ3n) is 5.10. The fourth-order valence-corrected chi connectivity index (χ4v) is 6.60. The zero-order valence-electron chi connectivity index (χ0n) is 19.1. The first-order chi connectivity index (χ1) is 16.8. The van der Waals surface area contributed by atoms with Gasteiger partial charge >= 0.3 is 0 Å². The third kappa shape index (κ3) is 6.49. The van der Waals surface area contributed by atoms with Crippen molar-refractivity contribution in [2.45, 2.75) is 21.4 Å². The number of anilines is 3. The van der Waals surface area contributed by atoms with Crippen LogP contribution < -0.4 is 15.4 Å². The molecule has 2 heterocycles. The third-order valence-corrected chi connectivity index (χ3v) is 9.02. The van der Waals surface area contributed by atoms with E-state index in [4.69, 9.17) is 9.47 Å². The van der Waals surface area contributed by atoms with E-state index >= 15 is 0 Å². The first-order valence-corrected chi connectivity index (χ1v) is 13.9. The minimum atomic E-state index is -3.65. The van der Waals surface area contributed by atoms with Crippen LogP contribution in [0.4, 0.5) is 16.5 Å². The molecule has 1 amide bonds. The van der Waals surface area contributed by atoms with E-state index in [9.17, 15) is 13.2 Å². The summed E-state index contributed by atoms with van der Waals surface area (Å²) in [5, 5.41) is 14.4. The Morgan fingerprint density at radius 2 is 1.89 bits per heavy atom. The molecule has 0 bridgehead atoms. The Labute approximate surface area is 212 Å². The van der Waals surface area contributed by atoms with Crippen LogP contribution in [0.2, 0.25) is 0 Å². The fraction of sp³-hybridized carbons (Fsp3) is 0.318. The maximum Gasteiger partial charge on any atom is 0.243 e. The Hall–Kier alpha value is -2.71. The van der Waals surface area contributed by atoms with Crippen molar-refractivity contribution >= 4 is 55.5 Å². The van der Waals surface area contributed by atoms with Crippen LogP contribution in [-0.4, -0.2) is 67.5 Å². The number of methoxy groups -OCH3 is 1. The molecule has 10 nitrogen and oxygen atoms in total. The standard InChI is InChI=1S/C22H25N5O5S3/c1-15(33-22-26-25-21(34-22)24-16-6-8-18(31-2)9-7-16)20(28)23-17-4-3-5-19(14-17)35(29,30)27-10-12-32-13-11-27/h3-9,14-15H,10-13H2,1-2H3,(H,23,28)(H,24,25)/t15-/m0/s1. The molecule has 2 N–H and O–H groups in total. The molecule has 0 spiro atoms. The van der Waals surface area contributed by atoms with E-state index < -0.39 is 15.3 Å². The van der Waals surface area contributed by atoms with E-state index in [0.29, 0.717) is 41.5 Å². The second kappa shape index (κ2) is 11.4. The van der Waals surface area contributed by atoms with Crippen molar-refractivity contribution in [1.29, 1.82) is 0 Å². The largest absolute Gasteiger partial charge is 0.497 e. The van der Waals surface area contributed by atoms with Crippen LogP contribution >= 0.6 is 23.1 Å². The van der Waals surface area contributed by atoms with Gasteiger partial charge in [0, 0.05) is 24.5 Å². The van der Waals surface area contributed by atoms with Crippen LogP contribution in [0.5, 0.6) is 5.75 Å². The van der Waals surface area contributed by atoms with Gasteiger partial charge in [-0.25, -0.2) is 8.42 Å². The number of amides is 1. The van der Waals surface area contributed by atoms with E-state index in [1.54, 1.807) is 26.2 Å². The molecule has 35 heavy (non-hydrogen) atoms. The van der Waals surface area contributed by atoms with Gasteiger partial charge in [-0.05, 0) is 49.4 Å². The lowest BCUT2D eigenvalue weighted by molar-refractivity contribution is -0.115. The first kappa shape index (κ1) is 25.4. The minimum absolute atomic E-state index is 0.135. The molecule has 1 atom stereocenters. The van der Waals surface area contributed by atoms with Crippen molar-refractivity contribution in [3.05, 3.63) is 48.5 Å². The molecule has 1 saturated heterocycles. The Kier molecular flexibility index (Phi) is 8.23. The number of nitrogens with zero attached hydrogens (tertiary/aromatic N) is 3. The van der Waals surface area contributed by atoms with E-state index in [-0.39, 0.29) is 10.8 Å². The van der Waals surface area contributed by atoms with Gasteiger partial charge in [0.1, 0.15) is 5.75 Å². The van der Waals surface area contributed by atoms with Crippen LogP contribution in [0, 0.1) is 0 Å². The average molecular weight is 536 g/mol. The van der Waals surface area contributed by atoms with Crippen molar-refractivity contribution in [2.75, 3.05) is 44.0 Å². The van der Waals surface area contributed by atoms with Crippen molar-refractivity contribution in [3.63, 3.8) is 0 Å². The Balaban J connectivity index is 1.35. The quantitative estimate of drug-likeness (QED) is 0.397. The summed E-state index contributed by atoms with van der Waals surface area (Å²) in [5.41, 5.74) is 1.26. The van der Waals surface area contributed by atoms with Crippen molar-refractivity contribution < 1.29 is 22.7 Å². The molecule has 0 aliphatic carbocycles. The maximum atomic E-state index is 12.9. The number of carbonyl (C=O) groups excluding carboxylic acids is 1. The highest BCUT2D eigenvalue weighted by atomic mass is 32.2. The monoisotopic (exact) mass is 535 g/mol. The maximum absolute atomic E-state index is 12.9. The van der Waals surface area contributed by atoms with E-state index in [0.717, 1.165) is 11.4 Å². The fourth-order valence-electron chi connectivity index (χ4n) is 3.22. The molecule has 1 aliphatic heterocycles. The number of nitrogens with one attached hydrogen (secondary N) is 2. The van der Waals surface area contributed by atoms with Gasteiger partial charge in [-0.1, -0.05) is 29.2 Å². The second-order valence-electron chi connectivity index (χ2n) is 7.52. The van der Waals surface area contributed by atoms with Gasteiger partial charge in [0.15, 0.2) is 4.34 Å². The van der Waals surface area contributed by atoms with Gasteiger partial charge in [0.25, 0.3) is 0 Å². The van der Waals surface area contributed by atoms with Crippen LogP contribution in [0.1, 0.15) is 6.92 Å². The highest BCUT2D eigenvalue weighted by Crippen LogP contribution is 2.31. The smallest absolute Gasteiger partial charge is 0.243 e. The molecule has 13 heteroatoms. The summed E-state index contributed by atoms with van der Waals surface area (Å²) in [4.78, 5) is 12.9. The van der Waals surface area contributed by atoms with Crippen LogP contribution in [-0.2, 0) is 19.6 Å². The minimum Gasteiger partial charge on any atom is -0.497 e. The number of carbonyl (C=O) groups is 1. The summed E-state index contributed by atoms with van der Waals surface area (Å²) in [6.45, 7) is 3.11. The summed E-state index contributed by atoms with van der Waals surface area (Å²) in [6, 6.07) is 13.7. The van der Waals surface area contributed by atoms with Crippen LogP contribution in [0.25, 0.3) is 0 Å². The van der Waals surface area contributed by atoms with E-state index in [2.05, 4.69) is 20.8 Å². The molecule has 1 aliphatic rings. The summed E-state index contributed by atoms with van der Waals surface area (Å²) in [5.74, 6) is 0.490. The predicted octanol–water partition coefficient (Wildman–Crippen LogP) is 3.43. The molecule has 3 aromatic rings. The molecule has 2 aromatic carbocycles. The molecule has 186 valence electrons. The zero-order valence-corrected chi connectivity index (χ0v) is 21.6. The number of aromatic nitrogens is 2. The molecule has 0 radical (unpaired) electrons. The van der Waals surface area contributed by atoms with Gasteiger partial charge < -0.3 is 20.1 Å². The highest BCUT2D eigenvalue weighted by Gasteiger charge is 2.27. The van der Waals surface area contributed by atoms with Gasteiger partial charge in [0.05, 0.1) is 30.5 Å². The molecular formula is C22H25N5O5S3. The summed E-state index contributed by atoms with van der Waals surface area (Å²) in [6.07, 6.45) is 0. The average Bonchev–Trinajstić information content (AvgIpc) is 3.31. The van der Waals surface area contributed by atoms with Gasteiger partial charge in [-0.2, -0.15) is 4.31 Å².